The molecule has 2 fully saturated rings. The first-order valence-corrected chi connectivity index (χ1v) is 11.9. The van der Waals surface area contributed by atoms with E-state index in [4.69, 9.17) is 0 Å². The largest absolute Gasteiger partial charge is 0.371 e. The molecule has 7 heteroatoms. The van der Waals surface area contributed by atoms with Crippen LogP contribution in [0.4, 0.5) is 5.69 Å². The number of carbonyl (C=O) groups is 1. The highest BCUT2D eigenvalue weighted by atomic mass is 32.2. The van der Waals surface area contributed by atoms with Crippen LogP contribution in [0.15, 0.2) is 23.1 Å². The molecule has 0 spiro atoms. The number of piperidine rings is 1. The molecule has 2 aliphatic rings. The van der Waals surface area contributed by atoms with Crippen LogP contribution in [-0.2, 0) is 10.0 Å². The minimum absolute atomic E-state index is 0.157. The zero-order chi connectivity index (χ0) is 20.3. The van der Waals surface area contributed by atoms with E-state index < -0.39 is 10.0 Å². The highest BCUT2D eigenvalue weighted by molar-refractivity contribution is 7.89. The highest BCUT2D eigenvalue weighted by Crippen LogP contribution is 2.29. The molecule has 0 bridgehead atoms. The van der Waals surface area contributed by atoms with Crippen LogP contribution < -0.4 is 10.2 Å². The van der Waals surface area contributed by atoms with Crippen LogP contribution in [0.2, 0.25) is 0 Å². The fraction of sp³-hybridized carbons (Fsp3) is 0.667. The Bertz CT molecular complexity index is 793. The molecular weight excluding hydrogens is 374 g/mol. The number of carbonyl (C=O) groups excluding carboxylic acids is 1. The van der Waals surface area contributed by atoms with Gasteiger partial charge in [0.1, 0.15) is 0 Å². The molecule has 1 aromatic carbocycles. The zero-order valence-corrected chi connectivity index (χ0v) is 18.1. The van der Waals surface area contributed by atoms with E-state index in [0.717, 1.165) is 57.3 Å². The number of amides is 1. The first-order valence-electron chi connectivity index (χ1n) is 10.4. The van der Waals surface area contributed by atoms with Gasteiger partial charge in [-0.25, -0.2) is 12.7 Å². The molecule has 0 atom stereocenters. The maximum absolute atomic E-state index is 13.2. The fourth-order valence-electron chi connectivity index (χ4n) is 4.15. The lowest BCUT2D eigenvalue weighted by Crippen LogP contribution is -2.39. The Balaban J connectivity index is 1.91. The van der Waals surface area contributed by atoms with Gasteiger partial charge >= 0.3 is 0 Å². The van der Waals surface area contributed by atoms with Gasteiger partial charge in [0.15, 0.2) is 0 Å². The van der Waals surface area contributed by atoms with Crippen molar-refractivity contribution < 1.29 is 13.2 Å². The van der Waals surface area contributed by atoms with E-state index in [1.54, 1.807) is 18.2 Å². The van der Waals surface area contributed by atoms with Gasteiger partial charge in [0.2, 0.25) is 10.0 Å². The SMILES string of the molecule is CC1CCC(NC(=O)c2cc(S(=O)(=O)N(C)C)ccc2N2CCCCC2)CC1. The second kappa shape index (κ2) is 8.82. The Morgan fingerprint density at radius 2 is 1.71 bits per heavy atom. The molecule has 3 rings (SSSR count). The van der Waals surface area contributed by atoms with Gasteiger partial charge in [-0.15, -0.1) is 0 Å². The third-order valence-electron chi connectivity index (χ3n) is 6.04. The molecule has 0 unspecified atom stereocenters. The number of hydrogen-bond acceptors (Lipinski definition) is 4. The maximum Gasteiger partial charge on any atom is 0.253 e. The Morgan fingerprint density at radius 3 is 2.32 bits per heavy atom. The van der Waals surface area contributed by atoms with Crippen molar-refractivity contribution in [3.8, 4) is 0 Å². The van der Waals surface area contributed by atoms with Crippen molar-refractivity contribution in [3.05, 3.63) is 23.8 Å². The monoisotopic (exact) mass is 407 g/mol. The Labute approximate surface area is 169 Å². The quantitative estimate of drug-likeness (QED) is 0.814. The van der Waals surface area contributed by atoms with Gasteiger partial charge < -0.3 is 10.2 Å². The summed E-state index contributed by atoms with van der Waals surface area (Å²) < 4.78 is 26.4. The molecule has 1 aliphatic carbocycles. The average molecular weight is 408 g/mol. The molecule has 1 saturated heterocycles. The second-order valence-corrected chi connectivity index (χ2v) is 10.6. The average Bonchev–Trinajstić information content (AvgIpc) is 2.69. The number of sulfonamides is 1. The van der Waals surface area contributed by atoms with Gasteiger partial charge in [0, 0.05) is 38.9 Å². The normalized spacial score (nSPS) is 23.6. The molecular formula is C21H33N3O3S. The van der Waals surface area contributed by atoms with Crippen molar-refractivity contribution in [2.75, 3.05) is 32.1 Å². The minimum atomic E-state index is -3.59. The maximum atomic E-state index is 13.2. The molecule has 1 heterocycles. The van der Waals surface area contributed by atoms with Crippen LogP contribution in [0.3, 0.4) is 0 Å². The first-order chi connectivity index (χ1) is 13.3. The zero-order valence-electron chi connectivity index (χ0n) is 17.3. The summed E-state index contributed by atoms with van der Waals surface area (Å²) in [5, 5.41) is 3.17. The number of benzene rings is 1. The first kappa shape index (κ1) is 21.1. The van der Waals surface area contributed by atoms with Crippen molar-refractivity contribution >= 4 is 21.6 Å². The second-order valence-electron chi connectivity index (χ2n) is 8.44. The van der Waals surface area contributed by atoms with Crippen molar-refractivity contribution in [1.29, 1.82) is 0 Å². The van der Waals surface area contributed by atoms with Gasteiger partial charge in [0.25, 0.3) is 5.91 Å². The van der Waals surface area contributed by atoms with Gasteiger partial charge in [-0.1, -0.05) is 6.92 Å². The summed E-state index contributed by atoms with van der Waals surface area (Å²) >= 11 is 0. The smallest absolute Gasteiger partial charge is 0.253 e. The molecule has 1 aliphatic heterocycles. The Hall–Kier alpha value is -1.60. The van der Waals surface area contributed by atoms with Crippen molar-refractivity contribution in [1.82, 2.24) is 9.62 Å². The topological polar surface area (TPSA) is 69.7 Å². The summed E-state index contributed by atoms with van der Waals surface area (Å²) in [6.45, 7) is 4.06. The van der Waals surface area contributed by atoms with Crippen LogP contribution in [-0.4, -0.2) is 51.9 Å². The Kier molecular flexibility index (Phi) is 6.65. The van der Waals surface area contributed by atoms with E-state index in [2.05, 4.69) is 17.1 Å². The molecule has 1 amide bonds. The van der Waals surface area contributed by atoms with E-state index >= 15 is 0 Å². The molecule has 1 saturated carbocycles. The molecule has 28 heavy (non-hydrogen) atoms. The van der Waals surface area contributed by atoms with E-state index in [1.807, 2.05) is 0 Å². The van der Waals surface area contributed by atoms with Crippen LogP contribution >= 0.6 is 0 Å². The molecule has 1 aromatic rings. The molecule has 1 N–H and O–H groups in total. The van der Waals surface area contributed by atoms with Crippen LogP contribution in [0.5, 0.6) is 0 Å². The van der Waals surface area contributed by atoms with Crippen molar-refractivity contribution in [2.24, 2.45) is 5.92 Å². The standard InChI is InChI=1S/C21H33N3O3S/c1-16-7-9-17(10-8-16)22-21(25)19-15-18(28(26,27)23(2)3)11-12-20(19)24-13-5-4-6-14-24/h11-12,15-17H,4-10,13-14H2,1-3H3,(H,22,25). The predicted octanol–water partition coefficient (Wildman–Crippen LogP) is 3.24. The summed E-state index contributed by atoms with van der Waals surface area (Å²) in [6, 6.07) is 5.16. The highest BCUT2D eigenvalue weighted by Gasteiger charge is 2.26. The minimum Gasteiger partial charge on any atom is -0.371 e. The van der Waals surface area contributed by atoms with E-state index in [0.29, 0.717) is 11.5 Å². The lowest BCUT2D eigenvalue weighted by molar-refractivity contribution is 0.0923. The van der Waals surface area contributed by atoms with Gasteiger partial charge in [-0.05, 0) is 69.1 Å². The summed E-state index contributed by atoms with van der Waals surface area (Å²) in [6.07, 6.45) is 7.62. The van der Waals surface area contributed by atoms with E-state index in [9.17, 15) is 13.2 Å². The summed E-state index contributed by atoms with van der Waals surface area (Å²) in [5.41, 5.74) is 1.32. The van der Waals surface area contributed by atoms with Crippen LogP contribution in [0.1, 0.15) is 62.2 Å². The molecule has 156 valence electrons. The van der Waals surface area contributed by atoms with E-state index in [-0.39, 0.29) is 16.8 Å². The molecule has 6 nitrogen and oxygen atoms in total. The lowest BCUT2D eigenvalue weighted by atomic mass is 9.87. The Morgan fingerprint density at radius 1 is 1.07 bits per heavy atom. The number of rotatable bonds is 5. The summed E-state index contributed by atoms with van der Waals surface area (Å²) in [5.74, 6) is 0.557. The van der Waals surface area contributed by atoms with Crippen molar-refractivity contribution in [3.63, 3.8) is 0 Å². The van der Waals surface area contributed by atoms with Gasteiger partial charge in [-0.2, -0.15) is 0 Å². The fourth-order valence-corrected chi connectivity index (χ4v) is 5.07. The predicted molar refractivity (Wildman–Crippen MR) is 112 cm³/mol. The third-order valence-corrected chi connectivity index (χ3v) is 7.85. The van der Waals surface area contributed by atoms with Crippen LogP contribution in [0, 0.1) is 5.92 Å². The summed E-state index contributed by atoms with van der Waals surface area (Å²) in [7, 11) is -0.564. The number of anilines is 1. The van der Waals surface area contributed by atoms with Gasteiger partial charge in [0.05, 0.1) is 10.5 Å². The molecule has 0 radical (unpaired) electrons. The van der Waals surface area contributed by atoms with Crippen LogP contribution in [0.25, 0.3) is 0 Å². The molecule has 0 aromatic heterocycles. The number of hydrogen-bond donors (Lipinski definition) is 1. The third kappa shape index (κ3) is 4.69. The van der Waals surface area contributed by atoms with Crippen molar-refractivity contribution in [2.45, 2.75) is 62.8 Å². The number of nitrogens with one attached hydrogen (secondary N) is 1. The number of nitrogens with zero attached hydrogens (tertiary/aromatic N) is 2. The van der Waals surface area contributed by atoms with Gasteiger partial charge in [-0.3, -0.25) is 4.79 Å². The van der Waals surface area contributed by atoms with E-state index in [1.165, 1.54) is 24.8 Å². The lowest BCUT2D eigenvalue weighted by Gasteiger charge is -2.32. The summed E-state index contributed by atoms with van der Waals surface area (Å²) in [4.78, 5) is 15.5.